The van der Waals surface area contributed by atoms with E-state index in [0.717, 1.165) is 39.9 Å². The number of fused-ring (bicyclic) bond motifs is 3. The number of hydrogen-bond donors (Lipinski definition) is 1. The molecule has 0 radical (unpaired) electrons. The second kappa shape index (κ2) is 7.41. The van der Waals surface area contributed by atoms with Crippen LogP contribution in [-0.2, 0) is 6.54 Å². The molecule has 0 spiro atoms. The van der Waals surface area contributed by atoms with Crippen molar-refractivity contribution in [3.8, 4) is 5.75 Å². The van der Waals surface area contributed by atoms with Gasteiger partial charge in [-0.3, -0.25) is 0 Å². The Morgan fingerprint density at radius 1 is 1.07 bits per heavy atom. The van der Waals surface area contributed by atoms with Crippen LogP contribution < -0.4 is 10.2 Å². The van der Waals surface area contributed by atoms with Crippen LogP contribution in [0, 0.1) is 0 Å². The molecule has 0 fully saturated rings. The molecule has 0 bridgehead atoms. The van der Waals surface area contributed by atoms with Gasteiger partial charge in [0.25, 0.3) is 5.95 Å². The van der Waals surface area contributed by atoms with Gasteiger partial charge >= 0.3 is 0 Å². The fourth-order valence-electron chi connectivity index (χ4n) is 3.05. The lowest BCUT2D eigenvalue weighted by molar-refractivity contribution is 0.340. The summed E-state index contributed by atoms with van der Waals surface area (Å²) in [6.07, 6.45) is 1.71. The van der Waals surface area contributed by atoms with Crippen molar-refractivity contribution < 1.29 is 4.74 Å². The highest BCUT2D eigenvalue weighted by molar-refractivity contribution is 6.04. The molecule has 4 aromatic rings. The van der Waals surface area contributed by atoms with E-state index < -0.39 is 0 Å². The van der Waals surface area contributed by atoms with E-state index >= 15 is 0 Å². The molecule has 0 aliphatic heterocycles. The molecule has 2 heterocycles. The Kier molecular flexibility index (Phi) is 4.65. The van der Waals surface area contributed by atoms with Crippen molar-refractivity contribution in [2.24, 2.45) is 5.10 Å². The van der Waals surface area contributed by atoms with Crippen LogP contribution in [0.25, 0.3) is 22.1 Å². The van der Waals surface area contributed by atoms with Crippen molar-refractivity contribution in [3.63, 3.8) is 0 Å². The largest absolute Gasteiger partial charge is 0.494 e. The molecule has 4 rings (SSSR count). The van der Waals surface area contributed by atoms with Crippen LogP contribution in [0.4, 0.5) is 5.95 Å². The van der Waals surface area contributed by atoms with Gasteiger partial charge in [0.15, 0.2) is 5.65 Å². The van der Waals surface area contributed by atoms with Gasteiger partial charge in [-0.15, -0.1) is 10.2 Å². The zero-order chi connectivity index (χ0) is 18.6. The lowest BCUT2D eigenvalue weighted by Gasteiger charge is -2.03. The van der Waals surface area contributed by atoms with Gasteiger partial charge in [0, 0.05) is 11.9 Å². The fraction of sp³-hybridized carbons (Fsp3) is 0.200. The van der Waals surface area contributed by atoms with Gasteiger partial charge in [0.2, 0.25) is 0 Å². The molecule has 0 saturated carbocycles. The maximum atomic E-state index is 5.43. The van der Waals surface area contributed by atoms with Gasteiger partial charge in [0.05, 0.1) is 18.3 Å². The normalized spacial score (nSPS) is 11.5. The number of hydrogen-bond acceptors (Lipinski definition) is 6. The molecule has 1 N–H and O–H groups in total. The van der Waals surface area contributed by atoms with E-state index in [0.29, 0.717) is 12.6 Å². The van der Waals surface area contributed by atoms with Crippen LogP contribution in [0.2, 0.25) is 0 Å². The van der Waals surface area contributed by atoms with E-state index in [1.165, 1.54) is 0 Å². The van der Waals surface area contributed by atoms with E-state index in [2.05, 4.69) is 43.3 Å². The predicted octanol–water partition coefficient (Wildman–Crippen LogP) is 3.84. The molecule has 0 aliphatic rings. The van der Waals surface area contributed by atoms with Gasteiger partial charge in [-0.05, 0) is 49.7 Å². The lowest BCUT2D eigenvalue weighted by atomic mass is 10.2. The zero-order valence-electron chi connectivity index (χ0n) is 15.3. The topological polar surface area (TPSA) is 77.2 Å². The zero-order valence-corrected chi connectivity index (χ0v) is 15.3. The molecule has 7 nitrogen and oxygen atoms in total. The quantitative estimate of drug-likeness (QED) is 0.417. The number of para-hydroxylation sites is 1. The SMILES string of the molecule is CCOc1ccc(/C=N\Nc2nnc3c4ccccc4n(CC)c3n2)cc1. The number of rotatable bonds is 6. The molecule has 0 unspecified atom stereocenters. The van der Waals surface area contributed by atoms with E-state index in [1.54, 1.807) is 6.21 Å². The Labute approximate surface area is 156 Å². The minimum absolute atomic E-state index is 0.363. The summed E-state index contributed by atoms with van der Waals surface area (Å²) in [5.41, 5.74) is 6.51. The first-order chi connectivity index (χ1) is 13.3. The molecule has 7 heteroatoms. The van der Waals surface area contributed by atoms with E-state index in [9.17, 15) is 0 Å². The Morgan fingerprint density at radius 2 is 1.89 bits per heavy atom. The van der Waals surface area contributed by atoms with E-state index in [1.807, 2.05) is 49.4 Å². The predicted molar refractivity (Wildman–Crippen MR) is 107 cm³/mol. The van der Waals surface area contributed by atoms with Gasteiger partial charge in [-0.25, -0.2) is 5.43 Å². The Hall–Kier alpha value is -3.48. The summed E-state index contributed by atoms with van der Waals surface area (Å²) in [5.74, 6) is 1.20. The highest BCUT2D eigenvalue weighted by atomic mass is 16.5. The molecule has 0 aliphatic carbocycles. The maximum Gasteiger partial charge on any atom is 0.265 e. The minimum atomic E-state index is 0.363. The van der Waals surface area contributed by atoms with Crippen LogP contribution >= 0.6 is 0 Å². The number of hydrazone groups is 1. The van der Waals surface area contributed by atoms with E-state index in [-0.39, 0.29) is 0 Å². The molecule has 0 amide bonds. The summed E-state index contributed by atoms with van der Waals surface area (Å²) >= 11 is 0. The smallest absolute Gasteiger partial charge is 0.265 e. The molecule has 0 atom stereocenters. The van der Waals surface area contributed by atoms with Gasteiger partial charge in [0.1, 0.15) is 11.3 Å². The second-order valence-corrected chi connectivity index (χ2v) is 5.94. The highest BCUT2D eigenvalue weighted by Gasteiger charge is 2.13. The number of ether oxygens (including phenoxy) is 1. The first-order valence-corrected chi connectivity index (χ1v) is 8.93. The molecular formula is C20H20N6O. The summed E-state index contributed by atoms with van der Waals surface area (Å²) in [4.78, 5) is 4.60. The monoisotopic (exact) mass is 360 g/mol. The maximum absolute atomic E-state index is 5.43. The number of benzene rings is 2. The van der Waals surface area contributed by atoms with E-state index in [4.69, 9.17) is 4.74 Å². The van der Waals surface area contributed by atoms with Crippen LogP contribution in [0.1, 0.15) is 19.4 Å². The third kappa shape index (κ3) is 3.31. The summed E-state index contributed by atoms with van der Waals surface area (Å²) in [6.45, 7) is 5.50. The second-order valence-electron chi connectivity index (χ2n) is 5.94. The Bertz CT molecular complexity index is 1100. The molecule has 2 aromatic heterocycles. The standard InChI is InChI=1S/C20H20N6O/c1-3-26-17-8-6-5-7-16(17)18-19(26)22-20(25-23-18)24-21-13-14-9-11-15(12-10-14)27-4-2/h5-13H,3-4H2,1-2H3,(H,22,24,25)/b21-13-. The average molecular weight is 360 g/mol. The third-order valence-electron chi connectivity index (χ3n) is 4.26. The fourth-order valence-corrected chi connectivity index (χ4v) is 3.05. The summed E-state index contributed by atoms with van der Waals surface area (Å²) in [5, 5.41) is 13.8. The number of nitrogens with one attached hydrogen (secondary N) is 1. The van der Waals surface area contributed by atoms with Crippen LogP contribution in [0.5, 0.6) is 5.75 Å². The number of aromatic nitrogens is 4. The van der Waals surface area contributed by atoms with Crippen LogP contribution in [0.3, 0.4) is 0 Å². The minimum Gasteiger partial charge on any atom is -0.494 e. The van der Waals surface area contributed by atoms with Crippen molar-refractivity contribution >= 4 is 34.2 Å². The van der Waals surface area contributed by atoms with Crippen molar-refractivity contribution in [1.82, 2.24) is 19.7 Å². The van der Waals surface area contributed by atoms with Crippen molar-refractivity contribution in [2.75, 3.05) is 12.0 Å². The third-order valence-corrected chi connectivity index (χ3v) is 4.26. The molecular weight excluding hydrogens is 340 g/mol. The molecule has 136 valence electrons. The average Bonchev–Trinajstić information content (AvgIpc) is 3.02. The molecule has 2 aromatic carbocycles. The first kappa shape index (κ1) is 17.0. The first-order valence-electron chi connectivity index (χ1n) is 8.93. The highest BCUT2D eigenvalue weighted by Crippen LogP contribution is 2.26. The lowest BCUT2D eigenvalue weighted by Crippen LogP contribution is -2.02. The van der Waals surface area contributed by atoms with Crippen molar-refractivity contribution in [3.05, 3.63) is 54.1 Å². The Balaban J connectivity index is 1.58. The molecule has 27 heavy (non-hydrogen) atoms. The number of aryl methyl sites for hydroxylation is 1. The van der Waals surface area contributed by atoms with Crippen LogP contribution in [0.15, 0.2) is 53.6 Å². The van der Waals surface area contributed by atoms with Crippen molar-refractivity contribution in [2.45, 2.75) is 20.4 Å². The summed E-state index contributed by atoms with van der Waals surface area (Å²) in [6, 6.07) is 15.8. The summed E-state index contributed by atoms with van der Waals surface area (Å²) in [7, 11) is 0. The molecule has 0 saturated heterocycles. The van der Waals surface area contributed by atoms with Gasteiger partial charge < -0.3 is 9.30 Å². The number of nitrogens with zero attached hydrogens (tertiary/aromatic N) is 5. The van der Waals surface area contributed by atoms with Crippen LogP contribution in [-0.4, -0.2) is 32.6 Å². The van der Waals surface area contributed by atoms with Gasteiger partial charge in [-0.2, -0.15) is 10.1 Å². The van der Waals surface area contributed by atoms with Gasteiger partial charge in [-0.1, -0.05) is 18.2 Å². The Morgan fingerprint density at radius 3 is 2.67 bits per heavy atom. The summed E-state index contributed by atoms with van der Waals surface area (Å²) < 4.78 is 7.56. The number of anilines is 1. The van der Waals surface area contributed by atoms with Crippen molar-refractivity contribution in [1.29, 1.82) is 0 Å².